The van der Waals surface area contributed by atoms with Crippen molar-refractivity contribution >= 4 is 56.3 Å². The molecule has 0 bridgehead atoms. The van der Waals surface area contributed by atoms with Crippen molar-refractivity contribution < 1.29 is 4.94 Å². The van der Waals surface area contributed by atoms with Crippen molar-refractivity contribution in [3.8, 4) is 28.1 Å². The predicted octanol–water partition coefficient (Wildman–Crippen LogP) is 12.8. The Morgan fingerprint density at radius 3 is 1.87 bits per heavy atom. The van der Waals surface area contributed by atoms with Crippen LogP contribution in [-0.4, -0.2) is 9.55 Å². The number of para-hydroxylation sites is 4. The molecule has 0 N–H and O–H groups in total. The fourth-order valence-corrected chi connectivity index (χ4v) is 8.20. The fraction of sp³-hybridized carbons (Fsp3) is 0. The van der Waals surface area contributed by atoms with E-state index in [9.17, 15) is 0 Å². The molecule has 0 aliphatic carbocycles. The maximum Gasteiger partial charge on any atom is 0.138 e. The van der Waals surface area contributed by atoms with Crippen molar-refractivity contribution in [2.24, 2.45) is 0 Å². The van der Waals surface area contributed by atoms with E-state index in [2.05, 4.69) is 162 Å². The van der Waals surface area contributed by atoms with Crippen LogP contribution in [0.3, 0.4) is 0 Å². The highest BCUT2D eigenvalue weighted by atomic mass is 32.2. The average molecular weight is 701 g/mol. The van der Waals surface area contributed by atoms with Gasteiger partial charge in [0.05, 0.1) is 33.8 Å². The van der Waals surface area contributed by atoms with E-state index in [4.69, 9.17) is 9.92 Å². The van der Waals surface area contributed by atoms with Gasteiger partial charge in [0.1, 0.15) is 5.82 Å². The minimum absolute atomic E-state index is 0.883. The zero-order valence-corrected chi connectivity index (χ0v) is 29.4. The zero-order valence-electron chi connectivity index (χ0n) is 28.6. The number of hydrogen-bond donors (Lipinski definition) is 0. The lowest BCUT2D eigenvalue weighted by Gasteiger charge is -2.20. The van der Waals surface area contributed by atoms with E-state index in [0.717, 1.165) is 55.0 Å². The molecule has 0 spiro atoms. The summed E-state index contributed by atoms with van der Waals surface area (Å²) in [6, 6.07) is 65.8. The molecule has 0 saturated heterocycles. The molecule has 252 valence electrons. The summed E-state index contributed by atoms with van der Waals surface area (Å²) in [7, 11) is 0. The third-order valence-corrected chi connectivity index (χ3v) is 10.7. The summed E-state index contributed by atoms with van der Waals surface area (Å²) in [6.07, 6.45) is 1.93. The molecule has 9 aromatic rings. The summed E-state index contributed by atoms with van der Waals surface area (Å²) in [5, 5.41) is 6.18. The van der Waals surface area contributed by atoms with Gasteiger partial charge in [-0.25, -0.2) is 4.98 Å². The molecule has 53 heavy (non-hydrogen) atoms. The lowest BCUT2D eigenvalue weighted by atomic mass is 9.95. The largest absolute Gasteiger partial charge is 0.294 e. The summed E-state index contributed by atoms with van der Waals surface area (Å²) in [5.41, 5.74) is 10.8. The van der Waals surface area contributed by atoms with Crippen LogP contribution in [0.25, 0.3) is 49.9 Å². The van der Waals surface area contributed by atoms with E-state index < -0.39 is 0 Å². The van der Waals surface area contributed by atoms with Crippen molar-refractivity contribution in [3.63, 3.8) is 0 Å². The average Bonchev–Trinajstić information content (AvgIpc) is 3.78. The van der Waals surface area contributed by atoms with Gasteiger partial charge in [0.2, 0.25) is 0 Å². The highest BCUT2D eigenvalue weighted by Gasteiger charge is 2.30. The number of rotatable bonds is 7. The summed E-state index contributed by atoms with van der Waals surface area (Å²) in [4.78, 5) is 13.7. The summed E-state index contributed by atoms with van der Waals surface area (Å²) < 4.78 is 2.30. The van der Waals surface area contributed by atoms with Crippen molar-refractivity contribution in [1.29, 1.82) is 0 Å². The molecule has 2 aromatic heterocycles. The maximum atomic E-state index is 6.49. The Hall–Kier alpha value is -6.60. The summed E-state index contributed by atoms with van der Waals surface area (Å²) in [6.45, 7) is 0. The van der Waals surface area contributed by atoms with E-state index >= 15 is 0 Å². The third-order valence-electron chi connectivity index (χ3n) is 9.70. The van der Waals surface area contributed by atoms with E-state index in [1.807, 2.05) is 46.7 Å². The van der Waals surface area contributed by atoms with Crippen molar-refractivity contribution in [2.75, 3.05) is 10.1 Å². The Morgan fingerprint density at radius 2 is 1.06 bits per heavy atom. The van der Waals surface area contributed by atoms with Crippen LogP contribution in [0.4, 0.5) is 22.7 Å². The minimum Gasteiger partial charge on any atom is -0.294 e. The first-order valence-corrected chi connectivity index (χ1v) is 18.4. The van der Waals surface area contributed by atoms with Crippen LogP contribution in [-0.2, 0) is 4.94 Å². The zero-order chi connectivity index (χ0) is 35.1. The molecule has 1 aliphatic heterocycles. The van der Waals surface area contributed by atoms with Crippen LogP contribution in [0.1, 0.15) is 0 Å². The smallest absolute Gasteiger partial charge is 0.138 e. The van der Waals surface area contributed by atoms with Gasteiger partial charge in [0.15, 0.2) is 0 Å². The normalized spacial score (nSPS) is 12.5. The maximum absolute atomic E-state index is 6.49. The number of fused-ring (bicyclic) bond motifs is 4. The number of aromatic nitrogens is 2. The lowest BCUT2D eigenvalue weighted by molar-refractivity contribution is 0.156. The van der Waals surface area contributed by atoms with Gasteiger partial charge in [-0.1, -0.05) is 127 Å². The van der Waals surface area contributed by atoms with Crippen LogP contribution >= 0.6 is 11.8 Å². The fourth-order valence-electron chi connectivity index (χ4n) is 7.30. The SMILES string of the molecule is c1ccc(-c2ccccc2-c2ccnc(-n3c4ccccc4c4ccc(Sc5cccc(N6ON(c7ccccc7)c7ccccc76)c5)cc43)c2)cc1. The molecule has 7 aromatic carbocycles. The first-order valence-electron chi connectivity index (χ1n) is 17.6. The Balaban J connectivity index is 1.02. The molecule has 0 radical (unpaired) electrons. The number of hydrogen-bond acceptors (Lipinski definition) is 5. The van der Waals surface area contributed by atoms with Gasteiger partial charge in [0, 0.05) is 26.8 Å². The van der Waals surface area contributed by atoms with Crippen molar-refractivity contribution in [1.82, 2.24) is 9.55 Å². The monoisotopic (exact) mass is 700 g/mol. The van der Waals surface area contributed by atoms with E-state index in [0.29, 0.717) is 0 Å². The van der Waals surface area contributed by atoms with Gasteiger partial charge in [-0.15, -0.1) is 4.94 Å². The molecule has 0 fully saturated rings. The van der Waals surface area contributed by atoms with Crippen LogP contribution < -0.4 is 10.1 Å². The standard InChI is InChI=1S/C47H32N4OS/c1-3-14-33(15-4-1)39-20-7-8-21-40(39)34-28-29-48-47(30-34)49-43-23-10-9-22-41(43)42-27-26-38(32-46(42)49)53-37-19-13-18-36(31-37)51-45-25-12-11-24-44(45)50(52-51)35-16-5-2-6-17-35/h1-32H. The van der Waals surface area contributed by atoms with Gasteiger partial charge in [-0.2, -0.15) is 10.1 Å². The molecule has 1 aliphatic rings. The van der Waals surface area contributed by atoms with E-state index in [1.54, 1.807) is 11.8 Å². The molecule has 0 unspecified atom stereocenters. The number of anilines is 4. The molecular weight excluding hydrogens is 669 g/mol. The first kappa shape index (κ1) is 31.2. The van der Waals surface area contributed by atoms with E-state index in [1.165, 1.54) is 27.5 Å². The summed E-state index contributed by atoms with van der Waals surface area (Å²) >= 11 is 1.74. The number of benzene rings is 7. The van der Waals surface area contributed by atoms with Crippen LogP contribution in [0, 0.1) is 0 Å². The van der Waals surface area contributed by atoms with Gasteiger partial charge in [-0.05, 0) is 95.1 Å². The molecule has 3 heterocycles. The predicted molar refractivity (Wildman–Crippen MR) is 218 cm³/mol. The molecule has 0 amide bonds. The molecule has 10 rings (SSSR count). The number of nitrogens with zero attached hydrogens (tertiary/aromatic N) is 4. The number of pyridine rings is 1. The third kappa shape index (κ3) is 5.62. The molecular formula is C47H32N4OS. The summed E-state index contributed by atoms with van der Waals surface area (Å²) in [5.74, 6) is 0.883. The van der Waals surface area contributed by atoms with Gasteiger partial charge in [-0.3, -0.25) is 4.57 Å². The second-order valence-electron chi connectivity index (χ2n) is 12.9. The second kappa shape index (κ2) is 13.2. The van der Waals surface area contributed by atoms with Gasteiger partial charge >= 0.3 is 0 Å². The van der Waals surface area contributed by atoms with Crippen molar-refractivity contribution in [3.05, 3.63) is 194 Å². The molecule has 0 atom stereocenters. The van der Waals surface area contributed by atoms with Crippen LogP contribution in [0.15, 0.2) is 204 Å². The highest BCUT2D eigenvalue weighted by Crippen LogP contribution is 2.46. The van der Waals surface area contributed by atoms with Crippen molar-refractivity contribution in [2.45, 2.75) is 9.79 Å². The molecule has 6 heteroatoms. The minimum atomic E-state index is 0.883. The second-order valence-corrected chi connectivity index (χ2v) is 14.1. The Morgan fingerprint density at radius 1 is 0.434 bits per heavy atom. The Bertz CT molecular complexity index is 2760. The Labute approximate surface area is 311 Å². The quantitative estimate of drug-likeness (QED) is 0.165. The topological polar surface area (TPSA) is 33.5 Å². The Kier molecular flexibility index (Phi) is 7.75. The highest BCUT2D eigenvalue weighted by molar-refractivity contribution is 7.99. The molecule has 5 nitrogen and oxygen atoms in total. The first-order chi connectivity index (χ1) is 26.3. The van der Waals surface area contributed by atoms with Gasteiger partial charge < -0.3 is 0 Å². The van der Waals surface area contributed by atoms with Gasteiger partial charge in [0.25, 0.3) is 0 Å². The van der Waals surface area contributed by atoms with E-state index in [-0.39, 0.29) is 0 Å². The molecule has 0 saturated carbocycles. The van der Waals surface area contributed by atoms with Crippen LogP contribution in [0.2, 0.25) is 0 Å². The van der Waals surface area contributed by atoms with Crippen LogP contribution in [0.5, 0.6) is 0 Å². The lowest BCUT2D eigenvalue weighted by Crippen LogP contribution is -2.20.